The van der Waals surface area contributed by atoms with Gasteiger partial charge >= 0.3 is 12.0 Å². The Bertz CT molecular complexity index is 1020. The third kappa shape index (κ3) is 4.93. The SMILES string of the molecule is COC(=O)C(Cc1ccccc1)NC(=O)N1CCC2(CCN(C(=O)c3c(C)noc3C)CC2)C1. The average Bonchev–Trinajstić information content (AvgIpc) is 3.41. The Balaban J connectivity index is 1.34. The van der Waals surface area contributed by atoms with E-state index in [-0.39, 0.29) is 17.4 Å². The van der Waals surface area contributed by atoms with Crippen LogP contribution in [0.5, 0.6) is 0 Å². The largest absolute Gasteiger partial charge is 0.467 e. The Morgan fingerprint density at radius 1 is 1.09 bits per heavy atom. The zero-order valence-electron chi connectivity index (χ0n) is 20.0. The number of aryl methyl sites for hydroxylation is 2. The lowest BCUT2D eigenvalue weighted by Gasteiger charge is -2.39. The van der Waals surface area contributed by atoms with Crippen LogP contribution in [0.3, 0.4) is 0 Å². The number of piperidine rings is 1. The van der Waals surface area contributed by atoms with Crippen molar-refractivity contribution in [3.8, 4) is 0 Å². The molecule has 2 aliphatic heterocycles. The Kier molecular flexibility index (Phi) is 6.90. The second kappa shape index (κ2) is 9.87. The summed E-state index contributed by atoms with van der Waals surface area (Å²) in [5, 5.41) is 6.76. The molecule has 34 heavy (non-hydrogen) atoms. The van der Waals surface area contributed by atoms with E-state index in [4.69, 9.17) is 9.26 Å². The van der Waals surface area contributed by atoms with Gasteiger partial charge in [0.1, 0.15) is 17.4 Å². The number of carbonyl (C=O) groups excluding carboxylic acids is 3. The number of aromatic nitrogens is 1. The van der Waals surface area contributed by atoms with Gasteiger partial charge in [-0.2, -0.15) is 0 Å². The van der Waals surface area contributed by atoms with Crippen molar-refractivity contribution in [1.82, 2.24) is 20.3 Å². The maximum atomic E-state index is 13.0. The van der Waals surface area contributed by atoms with E-state index in [1.54, 1.807) is 18.7 Å². The number of likely N-dealkylation sites (tertiary alicyclic amines) is 2. The van der Waals surface area contributed by atoms with Gasteiger partial charge in [-0.1, -0.05) is 35.5 Å². The van der Waals surface area contributed by atoms with Crippen molar-refractivity contribution in [3.63, 3.8) is 0 Å². The highest BCUT2D eigenvalue weighted by molar-refractivity contribution is 5.96. The summed E-state index contributed by atoms with van der Waals surface area (Å²) < 4.78 is 10.1. The minimum Gasteiger partial charge on any atom is -0.467 e. The molecule has 9 nitrogen and oxygen atoms in total. The first-order chi connectivity index (χ1) is 16.3. The van der Waals surface area contributed by atoms with Crippen molar-refractivity contribution in [2.75, 3.05) is 33.3 Å². The molecule has 2 fully saturated rings. The fourth-order valence-corrected chi connectivity index (χ4v) is 5.07. The van der Waals surface area contributed by atoms with Crippen molar-refractivity contribution in [3.05, 3.63) is 52.9 Å². The summed E-state index contributed by atoms with van der Waals surface area (Å²) in [4.78, 5) is 41.9. The minimum atomic E-state index is -0.744. The Labute approximate surface area is 199 Å². The first kappa shape index (κ1) is 23.8. The predicted molar refractivity (Wildman–Crippen MR) is 124 cm³/mol. The molecule has 0 bridgehead atoms. The molecule has 1 N–H and O–H groups in total. The Hall–Kier alpha value is -3.36. The molecule has 2 aliphatic rings. The zero-order chi connectivity index (χ0) is 24.3. The lowest BCUT2D eigenvalue weighted by molar-refractivity contribution is -0.142. The monoisotopic (exact) mass is 468 g/mol. The summed E-state index contributed by atoms with van der Waals surface area (Å²) in [6, 6.07) is 8.56. The van der Waals surface area contributed by atoms with Gasteiger partial charge in [0.05, 0.1) is 12.8 Å². The molecule has 0 saturated carbocycles. The van der Waals surface area contributed by atoms with Crippen LogP contribution in [0.15, 0.2) is 34.9 Å². The lowest BCUT2D eigenvalue weighted by atomic mass is 9.77. The molecule has 9 heteroatoms. The number of esters is 1. The number of urea groups is 1. The van der Waals surface area contributed by atoms with Crippen LogP contribution in [0.2, 0.25) is 0 Å². The number of nitrogens with zero attached hydrogens (tertiary/aromatic N) is 3. The third-order valence-corrected chi connectivity index (χ3v) is 7.15. The number of nitrogens with one attached hydrogen (secondary N) is 1. The molecule has 4 rings (SSSR count). The highest BCUT2D eigenvalue weighted by Crippen LogP contribution is 2.40. The van der Waals surface area contributed by atoms with Crippen LogP contribution in [0.4, 0.5) is 4.79 Å². The molecule has 2 saturated heterocycles. The van der Waals surface area contributed by atoms with Crippen LogP contribution < -0.4 is 5.32 Å². The van der Waals surface area contributed by atoms with E-state index in [1.807, 2.05) is 35.2 Å². The molecule has 1 unspecified atom stereocenters. The molecule has 3 heterocycles. The second-order valence-corrected chi connectivity index (χ2v) is 9.38. The van der Waals surface area contributed by atoms with E-state index >= 15 is 0 Å². The molecule has 182 valence electrons. The third-order valence-electron chi connectivity index (χ3n) is 7.15. The van der Waals surface area contributed by atoms with Crippen molar-refractivity contribution < 1.29 is 23.6 Å². The van der Waals surface area contributed by atoms with Gasteiger partial charge < -0.3 is 24.4 Å². The maximum absolute atomic E-state index is 13.0. The van der Waals surface area contributed by atoms with Crippen molar-refractivity contribution >= 4 is 17.9 Å². The molecule has 2 aromatic rings. The fourth-order valence-electron chi connectivity index (χ4n) is 5.07. The molecular weight excluding hydrogens is 436 g/mol. The molecular formula is C25H32N4O5. The normalized spacial score (nSPS) is 18.1. The van der Waals surface area contributed by atoms with Gasteiger partial charge in [-0.05, 0) is 44.1 Å². The first-order valence-corrected chi connectivity index (χ1v) is 11.7. The van der Waals surface area contributed by atoms with Crippen LogP contribution in [-0.2, 0) is 16.0 Å². The van der Waals surface area contributed by atoms with E-state index in [2.05, 4.69) is 10.5 Å². The fraction of sp³-hybridized carbons (Fsp3) is 0.520. The predicted octanol–water partition coefficient (Wildman–Crippen LogP) is 2.71. The summed E-state index contributed by atoms with van der Waals surface area (Å²) in [6.07, 6.45) is 2.92. The molecule has 1 spiro atoms. The van der Waals surface area contributed by atoms with Gasteiger partial charge in [-0.3, -0.25) is 4.79 Å². The van der Waals surface area contributed by atoms with Crippen LogP contribution in [-0.4, -0.2) is 72.2 Å². The van der Waals surface area contributed by atoms with Crippen molar-refractivity contribution in [2.24, 2.45) is 5.41 Å². The number of methoxy groups -OCH3 is 1. The smallest absolute Gasteiger partial charge is 0.328 e. The number of benzene rings is 1. The van der Waals surface area contributed by atoms with E-state index < -0.39 is 12.0 Å². The molecule has 0 radical (unpaired) electrons. The summed E-state index contributed by atoms with van der Waals surface area (Å²) in [5.41, 5.74) is 2.11. The number of carbonyl (C=O) groups is 3. The molecule has 0 aliphatic carbocycles. The van der Waals surface area contributed by atoms with Crippen LogP contribution in [0, 0.1) is 19.3 Å². The quantitative estimate of drug-likeness (QED) is 0.677. The van der Waals surface area contributed by atoms with Gasteiger partial charge in [-0.15, -0.1) is 0 Å². The summed E-state index contributed by atoms with van der Waals surface area (Å²) in [5.74, 6) is 0.0416. The number of hydrogen-bond acceptors (Lipinski definition) is 6. The maximum Gasteiger partial charge on any atom is 0.328 e. The highest BCUT2D eigenvalue weighted by Gasteiger charge is 2.43. The van der Waals surface area contributed by atoms with Crippen LogP contribution in [0.1, 0.15) is 46.6 Å². The number of amides is 3. The second-order valence-electron chi connectivity index (χ2n) is 9.38. The minimum absolute atomic E-state index is 0.00690. The van der Waals surface area contributed by atoms with Crippen molar-refractivity contribution in [2.45, 2.75) is 45.6 Å². The molecule has 3 amide bonds. The first-order valence-electron chi connectivity index (χ1n) is 11.7. The highest BCUT2D eigenvalue weighted by atomic mass is 16.5. The average molecular weight is 469 g/mol. The van der Waals surface area contributed by atoms with Gasteiger partial charge in [0.15, 0.2) is 0 Å². The lowest BCUT2D eigenvalue weighted by Crippen LogP contribution is -2.50. The summed E-state index contributed by atoms with van der Waals surface area (Å²) >= 11 is 0. The molecule has 1 atom stereocenters. The van der Waals surface area contributed by atoms with Crippen LogP contribution >= 0.6 is 0 Å². The van der Waals surface area contributed by atoms with Crippen LogP contribution in [0.25, 0.3) is 0 Å². The van der Waals surface area contributed by atoms with Gasteiger partial charge in [-0.25, -0.2) is 9.59 Å². The molecule has 1 aromatic heterocycles. The molecule has 1 aromatic carbocycles. The number of hydrogen-bond donors (Lipinski definition) is 1. The summed E-state index contributed by atoms with van der Waals surface area (Å²) in [6.45, 7) is 6.05. The van der Waals surface area contributed by atoms with Gasteiger partial charge in [0, 0.05) is 32.6 Å². The Morgan fingerprint density at radius 2 is 1.74 bits per heavy atom. The standard InChI is InChI=1S/C25H32N4O5/c1-17-21(18(2)34-27-17)22(30)28-12-9-25(10-13-28)11-14-29(16-25)24(32)26-20(23(31)33-3)15-19-7-5-4-6-8-19/h4-8,20H,9-16H2,1-3H3,(H,26,32). The van der Waals surface area contributed by atoms with E-state index in [0.29, 0.717) is 49.6 Å². The number of ether oxygens (including phenoxy) is 1. The van der Waals surface area contributed by atoms with E-state index in [1.165, 1.54) is 7.11 Å². The van der Waals surface area contributed by atoms with Crippen molar-refractivity contribution in [1.29, 1.82) is 0 Å². The Morgan fingerprint density at radius 3 is 2.32 bits per heavy atom. The topological polar surface area (TPSA) is 105 Å². The summed E-state index contributed by atoms with van der Waals surface area (Å²) in [7, 11) is 1.33. The zero-order valence-corrected chi connectivity index (χ0v) is 20.0. The number of rotatable bonds is 5. The van der Waals surface area contributed by atoms with Gasteiger partial charge in [0.25, 0.3) is 5.91 Å². The van der Waals surface area contributed by atoms with E-state index in [9.17, 15) is 14.4 Å². The van der Waals surface area contributed by atoms with E-state index in [0.717, 1.165) is 24.8 Å². The van der Waals surface area contributed by atoms with Gasteiger partial charge in [0.2, 0.25) is 0 Å².